The standard InChI is InChI=1S/C18H25NO2S/c1-17(2)8-7-15(13-5-3-4-6-14(13)17)19-16(20)18(21)9-11-22-12-10-18/h3-6,15,21H,7-12H2,1-2H3,(H,19,20). The molecular weight excluding hydrogens is 294 g/mol. The van der Waals surface area contributed by atoms with Crippen molar-refractivity contribution >= 4 is 17.7 Å². The molecule has 120 valence electrons. The van der Waals surface area contributed by atoms with Crippen molar-refractivity contribution in [1.29, 1.82) is 0 Å². The zero-order valence-electron chi connectivity index (χ0n) is 13.4. The number of carbonyl (C=O) groups excluding carboxylic acids is 1. The molecule has 1 aromatic carbocycles. The van der Waals surface area contributed by atoms with Gasteiger partial charge in [0.25, 0.3) is 5.91 Å². The Balaban J connectivity index is 1.80. The van der Waals surface area contributed by atoms with Gasteiger partial charge >= 0.3 is 0 Å². The number of thioether (sulfide) groups is 1. The molecule has 3 nitrogen and oxygen atoms in total. The number of hydrogen-bond acceptors (Lipinski definition) is 3. The second-order valence-electron chi connectivity index (χ2n) is 7.18. The number of rotatable bonds is 2. The van der Waals surface area contributed by atoms with Crippen LogP contribution in [0, 0.1) is 0 Å². The van der Waals surface area contributed by atoms with Crippen molar-refractivity contribution in [3.8, 4) is 0 Å². The van der Waals surface area contributed by atoms with Gasteiger partial charge in [0.05, 0.1) is 6.04 Å². The maximum atomic E-state index is 12.6. The van der Waals surface area contributed by atoms with Gasteiger partial charge in [-0.1, -0.05) is 38.1 Å². The zero-order chi connectivity index (χ0) is 15.8. The van der Waals surface area contributed by atoms with Gasteiger partial charge in [-0.05, 0) is 53.7 Å². The number of benzene rings is 1. The number of amides is 1. The minimum absolute atomic E-state index is 0.0235. The number of nitrogens with one attached hydrogen (secondary N) is 1. The van der Waals surface area contributed by atoms with Crippen LogP contribution in [0.4, 0.5) is 0 Å². The number of hydrogen-bond donors (Lipinski definition) is 2. The summed E-state index contributed by atoms with van der Waals surface area (Å²) < 4.78 is 0. The lowest BCUT2D eigenvalue weighted by molar-refractivity contribution is -0.141. The summed E-state index contributed by atoms with van der Waals surface area (Å²) >= 11 is 1.81. The van der Waals surface area contributed by atoms with E-state index in [1.54, 1.807) is 0 Å². The highest BCUT2D eigenvalue weighted by atomic mass is 32.2. The highest BCUT2D eigenvalue weighted by Crippen LogP contribution is 2.41. The first kappa shape index (κ1) is 15.9. The molecule has 2 N–H and O–H groups in total. The maximum absolute atomic E-state index is 12.6. The molecule has 1 heterocycles. The average Bonchev–Trinajstić information content (AvgIpc) is 2.51. The van der Waals surface area contributed by atoms with Crippen LogP contribution >= 0.6 is 11.8 Å². The smallest absolute Gasteiger partial charge is 0.252 e. The molecule has 4 heteroatoms. The second-order valence-corrected chi connectivity index (χ2v) is 8.40. The highest BCUT2D eigenvalue weighted by molar-refractivity contribution is 7.99. The van der Waals surface area contributed by atoms with Crippen LogP contribution in [0.15, 0.2) is 24.3 Å². The van der Waals surface area contributed by atoms with Gasteiger partial charge in [-0.25, -0.2) is 0 Å². The predicted molar refractivity (Wildman–Crippen MR) is 91.1 cm³/mol. The van der Waals surface area contributed by atoms with Crippen LogP contribution in [-0.2, 0) is 10.2 Å². The van der Waals surface area contributed by atoms with E-state index in [9.17, 15) is 9.90 Å². The van der Waals surface area contributed by atoms with Crippen LogP contribution in [0.2, 0.25) is 0 Å². The van der Waals surface area contributed by atoms with Gasteiger partial charge in [0.15, 0.2) is 0 Å². The van der Waals surface area contributed by atoms with Crippen molar-refractivity contribution in [2.75, 3.05) is 11.5 Å². The largest absolute Gasteiger partial charge is 0.380 e. The average molecular weight is 319 g/mol. The topological polar surface area (TPSA) is 49.3 Å². The van der Waals surface area contributed by atoms with Gasteiger partial charge in [-0.15, -0.1) is 0 Å². The van der Waals surface area contributed by atoms with E-state index in [0.717, 1.165) is 24.3 Å². The zero-order valence-corrected chi connectivity index (χ0v) is 14.2. The lowest BCUT2D eigenvalue weighted by Gasteiger charge is -2.39. The molecule has 0 aromatic heterocycles. The van der Waals surface area contributed by atoms with Crippen LogP contribution < -0.4 is 5.32 Å². The summed E-state index contributed by atoms with van der Waals surface area (Å²) in [4.78, 5) is 12.6. The summed E-state index contributed by atoms with van der Waals surface area (Å²) in [7, 11) is 0. The predicted octanol–water partition coefficient (Wildman–Crippen LogP) is 3.17. The van der Waals surface area contributed by atoms with E-state index in [1.165, 1.54) is 11.1 Å². The molecule has 1 atom stereocenters. The first-order valence-corrected chi connectivity index (χ1v) is 9.28. The number of aliphatic hydroxyl groups is 1. The van der Waals surface area contributed by atoms with E-state index >= 15 is 0 Å². The van der Waals surface area contributed by atoms with Crippen LogP contribution in [0.25, 0.3) is 0 Å². The van der Waals surface area contributed by atoms with E-state index in [4.69, 9.17) is 0 Å². The molecule has 0 saturated carbocycles. The van der Waals surface area contributed by atoms with Gasteiger partial charge in [0.2, 0.25) is 0 Å². The SMILES string of the molecule is CC1(C)CCC(NC(=O)C2(O)CCSCC2)c2ccccc21. The van der Waals surface area contributed by atoms with Crippen molar-refractivity contribution < 1.29 is 9.90 Å². The Morgan fingerprint density at radius 1 is 1.23 bits per heavy atom. The minimum Gasteiger partial charge on any atom is -0.380 e. The molecule has 0 spiro atoms. The van der Waals surface area contributed by atoms with Crippen molar-refractivity contribution in [3.63, 3.8) is 0 Å². The molecule has 2 aliphatic rings. The summed E-state index contributed by atoms with van der Waals surface area (Å²) in [5.74, 6) is 1.53. The number of carbonyl (C=O) groups is 1. The molecule has 3 rings (SSSR count). The van der Waals surface area contributed by atoms with Crippen molar-refractivity contribution in [2.24, 2.45) is 0 Å². The van der Waals surface area contributed by atoms with Gasteiger partial charge in [-0.2, -0.15) is 11.8 Å². The molecular formula is C18H25NO2S. The fraction of sp³-hybridized carbons (Fsp3) is 0.611. The third kappa shape index (κ3) is 2.91. The second kappa shape index (κ2) is 5.89. The van der Waals surface area contributed by atoms with Crippen molar-refractivity contribution in [3.05, 3.63) is 35.4 Å². The molecule has 0 bridgehead atoms. The Hall–Kier alpha value is -1.00. The van der Waals surface area contributed by atoms with E-state index in [1.807, 2.05) is 17.8 Å². The molecule has 1 aliphatic heterocycles. The number of fused-ring (bicyclic) bond motifs is 1. The summed E-state index contributed by atoms with van der Waals surface area (Å²) in [5.41, 5.74) is 1.50. The van der Waals surface area contributed by atoms with Gasteiger partial charge in [-0.3, -0.25) is 4.79 Å². The first-order chi connectivity index (χ1) is 10.4. The van der Waals surface area contributed by atoms with E-state index in [0.29, 0.717) is 12.8 Å². The quantitative estimate of drug-likeness (QED) is 0.880. The Kier molecular flexibility index (Phi) is 4.25. The van der Waals surface area contributed by atoms with Crippen LogP contribution in [0.3, 0.4) is 0 Å². The molecule has 22 heavy (non-hydrogen) atoms. The Morgan fingerprint density at radius 2 is 1.91 bits per heavy atom. The molecule has 1 aromatic rings. The summed E-state index contributed by atoms with van der Waals surface area (Å²) in [5, 5.41) is 13.7. The fourth-order valence-electron chi connectivity index (χ4n) is 3.59. The maximum Gasteiger partial charge on any atom is 0.252 e. The van der Waals surface area contributed by atoms with Gasteiger partial charge < -0.3 is 10.4 Å². The monoisotopic (exact) mass is 319 g/mol. The fourth-order valence-corrected chi connectivity index (χ4v) is 4.76. The van der Waals surface area contributed by atoms with Crippen molar-refractivity contribution in [1.82, 2.24) is 5.32 Å². The normalized spacial score (nSPS) is 26.0. The van der Waals surface area contributed by atoms with E-state index in [2.05, 4.69) is 37.4 Å². The molecule has 0 radical (unpaired) electrons. The summed E-state index contributed by atoms with van der Waals surface area (Å²) in [6, 6.07) is 8.40. The summed E-state index contributed by atoms with van der Waals surface area (Å²) in [6.45, 7) is 4.52. The Labute approximate surface area is 136 Å². The van der Waals surface area contributed by atoms with Crippen LogP contribution in [0.1, 0.15) is 56.7 Å². The van der Waals surface area contributed by atoms with E-state index < -0.39 is 5.60 Å². The molecule has 1 amide bonds. The third-order valence-corrected chi connectivity index (χ3v) is 6.16. The highest BCUT2D eigenvalue weighted by Gasteiger charge is 2.40. The van der Waals surface area contributed by atoms with Gasteiger partial charge in [0, 0.05) is 0 Å². The summed E-state index contributed by atoms with van der Waals surface area (Å²) in [6.07, 6.45) is 3.09. The lowest BCUT2D eigenvalue weighted by atomic mass is 9.71. The third-order valence-electron chi connectivity index (χ3n) is 5.17. The van der Waals surface area contributed by atoms with Crippen LogP contribution in [-0.4, -0.2) is 28.1 Å². The Bertz CT molecular complexity index is 564. The van der Waals surface area contributed by atoms with Crippen molar-refractivity contribution in [2.45, 2.75) is 56.6 Å². The molecule has 1 fully saturated rings. The molecule has 1 saturated heterocycles. The lowest BCUT2D eigenvalue weighted by Crippen LogP contribution is -2.50. The van der Waals surface area contributed by atoms with Gasteiger partial charge in [0.1, 0.15) is 5.60 Å². The first-order valence-electron chi connectivity index (χ1n) is 8.13. The minimum atomic E-state index is -1.17. The van der Waals surface area contributed by atoms with E-state index in [-0.39, 0.29) is 17.4 Å². The van der Waals surface area contributed by atoms with Crippen LogP contribution in [0.5, 0.6) is 0 Å². The molecule has 1 unspecified atom stereocenters. The Morgan fingerprint density at radius 3 is 2.64 bits per heavy atom. The molecule has 1 aliphatic carbocycles.